The van der Waals surface area contributed by atoms with E-state index in [0.717, 1.165) is 24.3 Å². The van der Waals surface area contributed by atoms with E-state index < -0.39 is 0 Å². The molecule has 1 heterocycles. The minimum absolute atomic E-state index is 0.479. The number of nitrogens with two attached hydrogens (primary N) is 1. The lowest BCUT2D eigenvalue weighted by Gasteiger charge is -2.23. The molecular formula is C11H18N6. The molecule has 0 aliphatic carbocycles. The summed E-state index contributed by atoms with van der Waals surface area (Å²) in [4.78, 5) is 10.4. The average molecular weight is 234 g/mol. The molecule has 6 heteroatoms. The monoisotopic (exact) mass is 234 g/mol. The van der Waals surface area contributed by atoms with Crippen LogP contribution in [0.3, 0.4) is 0 Å². The molecule has 92 valence electrons. The molecular weight excluding hydrogens is 216 g/mol. The number of anilines is 2. The number of aromatic nitrogens is 2. The second-order valence-electron chi connectivity index (χ2n) is 3.51. The van der Waals surface area contributed by atoms with Crippen molar-refractivity contribution in [2.24, 2.45) is 5.84 Å². The lowest BCUT2D eigenvalue weighted by molar-refractivity contribution is 0.797. The van der Waals surface area contributed by atoms with Crippen LogP contribution in [0.1, 0.15) is 25.8 Å². The van der Waals surface area contributed by atoms with Gasteiger partial charge < -0.3 is 10.3 Å². The van der Waals surface area contributed by atoms with Crippen molar-refractivity contribution < 1.29 is 0 Å². The van der Waals surface area contributed by atoms with E-state index in [4.69, 9.17) is 11.1 Å². The van der Waals surface area contributed by atoms with Crippen LogP contribution in [0, 0.1) is 11.3 Å². The summed E-state index contributed by atoms with van der Waals surface area (Å²) in [6.45, 7) is 5.53. The van der Waals surface area contributed by atoms with Crippen molar-refractivity contribution in [2.75, 3.05) is 23.4 Å². The number of hydrazine groups is 1. The molecule has 0 bridgehead atoms. The SMILES string of the molecule is CCc1c(NN)ncnc1N(CC)CCC#N. The third kappa shape index (κ3) is 3.04. The van der Waals surface area contributed by atoms with Gasteiger partial charge in [-0.2, -0.15) is 5.26 Å². The second-order valence-corrected chi connectivity index (χ2v) is 3.51. The largest absolute Gasteiger partial charge is 0.355 e. The Morgan fingerprint density at radius 1 is 1.47 bits per heavy atom. The number of rotatable bonds is 6. The highest BCUT2D eigenvalue weighted by Gasteiger charge is 2.14. The summed E-state index contributed by atoms with van der Waals surface area (Å²) >= 11 is 0. The van der Waals surface area contributed by atoms with E-state index in [2.05, 4.69) is 26.4 Å². The molecule has 0 unspecified atom stereocenters. The molecule has 1 rings (SSSR count). The quantitative estimate of drug-likeness (QED) is 0.565. The Labute approximate surface area is 101 Å². The van der Waals surface area contributed by atoms with Crippen molar-refractivity contribution in [3.05, 3.63) is 11.9 Å². The summed E-state index contributed by atoms with van der Waals surface area (Å²) in [5.41, 5.74) is 3.56. The minimum Gasteiger partial charge on any atom is -0.355 e. The number of nitriles is 1. The number of hydrogen-bond acceptors (Lipinski definition) is 6. The van der Waals surface area contributed by atoms with Gasteiger partial charge in [-0.25, -0.2) is 15.8 Å². The van der Waals surface area contributed by atoms with Crippen LogP contribution >= 0.6 is 0 Å². The van der Waals surface area contributed by atoms with Gasteiger partial charge in [-0.1, -0.05) is 6.92 Å². The zero-order valence-corrected chi connectivity index (χ0v) is 10.3. The van der Waals surface area contributed by atoms with E-state index in [0.29, 0.717) is 18.8 Å². The molecule has 0 saturated heterocycles. The Morgan fingerprint density at radius 3 is 2.76 bits per heavy atom. The number of nitrogen functional groups attached to an aromatic ring is 1. The number of hydrogen-bond donors (Lipinski definition) is 2. The van der Waals surface area contributed by atoms with Gasteiger partial charge in [0.15, 0.2) is 0 Å². The van der Waals surface area contributed by atoms with Crippen LogP contribution in [0.25, 0.3) is 0 Å². The summed E-state index contributed by atoms with van der Waals surface area (Å²) in [6.07, 6.45) is 2.75. The smallest absolute Gasteiger partial charge is 0.148 e. The molecule has 0 spiro atoms. The van der Waals surface area contributed by atoms with Crippen molar-refractivity contribution >= 4 is 11.6 Å². The van der Waals surface area contributed by atoms with Gasteiger partial charge in [-0.05, 0) is 13.3 Å². The Balaban J connectivity index is 3.05. The predicted octanol–water partition coefficient (Wildman–Crippen LogP) is 1.06. The third-order valence-corrected chi connectivity index (χ3v) is 2.59. The fourth-order valence-corrected chi connectivity index (χ4v) is 1.72. The summed E-state index contributed by atoms with van der Waals surface area (Å²) in [6, 6.07) is 2.14. The molecule has 0 atom stereocenters. The van der Waals surface area contributed by atoms with E-state index in [1.807, 2.05) is 13.8 Å². The molecule has 17 heavy (non-hydrogen) atoms. The lowest BCUT2D eigenvalue weighted by atomic mass is 10.2. The minimum atomic E-state index is 0.479. The van der Waals surface area contributed by atoms with Crippen LogP contribution < -0.4 is 16.2 Å². The first kappa shape index (κ1) is 13.2. The van der Waals surface area contributed by atoms with Gasteiger partial charge in [-0.3, -0.25) is 0 Å². The van der Waals surface area contributed by atoms with Crippen molar-refractivity contribution in [1.29, 1.82) is 5.26 Å². The van der Waals surface area contributed by atoms with Gasteiger partial charge in [0.25, 0.3) is 0 Å². The average Bonchev–Trinajstić information content (AvgIpc) is 2.39. The Bertz CT molecular complexity index is 397. The summed E-state index contributed by atoms with van der Waals surface area (Å²) in [5.74, 6) is 6.93. The molecule has 1 aromatic rings. The molecule has 3 N–H and O–H groups in total. The first-order chi connectivity index (χ1) is 8.28. The van der Waals surface area contributed by atoms with E-state index in [-0.39, 0.29) is 0 Å². The van der Waals surface area contributed by atoms with Crippen LogP contribution in [-0.4, -0.2) is 23.1 Å². The van der Waals surface area contributed by atoms with E-state index in [9.17, 15) is 0 Å². The van der Waals surface area contributed by atoms with Crippen molar-refractivity contribution in [3.63, 3.8) is 0 Å². The van der Waals surface area contributed by atoms with E-state index in [1.165, 1.54) is 6.33 Å². The Hall–Kier alpha value is -1.87. The molecule has 0 amide bonds. The number of nitrogens with one attached hydrogen (secondary N) is 1. The van der Waals surface area contributed by atoms with Gasteiger partial charge in [0.05, 0.1) is 12.5 Å². The van der Waals surface area contributed by atoms with E-state index in [1.54, 1.807) is 0 Å². The van der Waals surface area contributed by atoms with Crippen molar-refractivity contribution in [1.82, 2.24) is 9.97 Å². The molecule has 6 nitrogen and oxygen atoms in total. The van der Waals surface area contributed by atoms with Crippen LogP contribution in [0.15, 0.2) is 6.33 Å². The lowest BCUT2D eigenvalue weighted by Crippen LogP contribution is -2.27. The van der Waals surface area contributed by atoms with Crippen LogP contribution in [0.2, 0.25) is 0 Å². The molecule has 0 fully saturated rings. The first-order valence-electron chi connectivity index (χ1n) is 5.70. The fourth-order valence-electron chi connectivity index (χ4n) is 1.72. The third-order valence-electron chi connectivity index (χ3n) is 2.59. The van der Waals surface area contributed by atoms with Crippen LogP contribution in [0.5, 0.6) is 0 Å². The first-order valence-corrected chi connectivity index (χ1v) is 5.70. The normalized spacial score (nSPS) is 9.76. The zero-order valence-electron chi connectivity index (χ0n) is 10.3. The maximum absolute atomic E-state index is 8.64. The molecule has 0 saturated carbocycles. The van der Waals surface area contributed by atoms with Gasteiger partial charge >= 0.3 is 0 Å². The predicted molar refractivity (Wildman–Crippen MR) is 67.3 cm³/mol. The highest BCUT2D eigenvalue weighted by molar-refractivity contribution is 5.58. The summed E-state index contributed by atoms with van der Waals surface area (Å²) in [5, 5.41) is 8.64. The standard InChI is InChI=1S/C11H18N6/c1-3-9-10(16-13)14-8-15-11(9)17(4-2)7-5-6-12/h8H,3-5,7,13H2,1-2H3,(H,14,15,16). The highest BCUT2D eigenvalue weighted by Crippen LogP contribution is 2.23. The Kier molecular flexibility index (Phi) is 5.17. The molecule has 0 aliphatic heterocycles. The highest BCUT2D eigenvalue weighted by atomic mass is 15.3. The fraction of sp³-hybridized carbons (Fsp3) is 0.545. The van der Waals surface area contributed by atoms with Gasteiger partial charge in [-0.15, -0.1) is 0 Å². The van der Waals surface area contributed by atoms with Gasteiger partial charge in [0.2, 0.25) is 0 Å². The van der Waals surface area contributed by atoms with E-state index >= 15 is 0 Å². The van der Waals surface area contributed by atoms with Gasteiger partial charge in [0, 0.05) is 18.7 Å². The Morgan fingerprint density at radius 2 is 2.24 bits per heavy atom. The van der Waals surface area contributed by atoms with Gasteiger partial charge in [0.1, 0.15) is 18.0 Å². The summed E-state index contributed by atoms with van der Waals surface area (Å²) in [7, 11) is 0. The molecule has 1 aromatic heterocycles. The number of nitrogens with zero attached hydrogens (tertiary/aromatic N) is 4. The second kappa shape index (κ2) is 6.66. The van der Waals surface area contributed by atoms with Crippen molar-refractivity contribution in [3.8, 4) is 6.07 Å². The molecule has 0 radical (unpaired) electrons. The maximum Gasteiger partial charge on any atom is 0.148 e. The molecule has 0 aromatic carbocycles. The van der Waals surface area contributed by atoms with Crippen molar-refractivity contribution in [2.45, 2.75) is 26.7 Å². The van der Waals surface area contributed by atoms with Crippen LogP contribution in [0.4, 0.5) is 11.6 Å². The molecule has 0 aliphatic rings. The zero-order chi connectivity index (χ0) is 12.7. The van der Waals surface area contributed by atoms with Crippen LogP contribution in [-0.2, 0) is 6.42 Å². The topological polar surface area (TPSA) is 90.9 Å². The maximum atomic E-state index is 8.64. The summed E-state index contributed by atoms with van der Waals surface area (Å²) < 4.78 is 0.